The van der Waals surface area contributed by atoms with E-state index in [9.17, 15) is 23.6 Å². The second kappa shape index (κ2) is 5.76. The van der Waals surface area contributed by atoms with Crippen LogP contribution in [0, 0.1) is 5.82 Å². The van der Waals surface area contributed by atoms with E-state index in [4.69, 9.17) is 0 Å². The SMILES string of the molecule is COC(=O)CCn1c(=O)[nH]n2c(cc(=O)c3cc(F)ccc32)c1=O. The lowest BCUT2D eigenvalue weighted by atomic mass is 10.2. The van der Waals surface area contributed by atoms with Crippen LogP contribution >= 0.6 is 0 Å². The number of carbonyl (C=O) groups is 1. The lowest BCUT2D eigenvalue weighted by molar-refractivity contribution is -0.140. The second-order valence-corrected chi connectivity index (χ2v) is 5.09. The zero-order chi connectivity index (χ0) is 17.4. The monoisotopic (exact) mass is 333 g/mol. The fourth-order valence-electron chi connectivity index (χ4n) is 2.47. The van der Waals surface area contributed by atoms with E-state index >= 15 is 0 Å². The zero-order valence-corrected chi connectivity index (χ0v) is 12.5. The smallest absolute Gasteiger partial charge is 0.343 e. The summed E-state index contributed by atoms with van der Waals surface area (Å²) in [5.74, 6) is -1.18. The predicted molar refractivity (Wildman–Crippen MR) is 82.6 cm³/mol. The number of esters is 1. The molecule has 2 heterocycles. The lowest BCUT2D eigenvalue weighted by Gasteiger charge is -2.09. The third-order valence-electron chi connectivity index (χ3n) is 3.66. The number of halogens is 1. The van der Waals surface area contributed by atoms with Gasteiger partial charge < -0.3 is 4.74 Å². The van der Waals surface area contributed by atoms with Crippen molar-refractivity contribution in [1.82, 2.24) is 14.2 Å². The van der Waals surface area contributed by atoms with Crippen molar-refractivity contribution in [2.24, 2.45) is 0 Å². The topological polar surface area (TPSA) is 103 Å². The number of hydrogen-bond donors (Lipinski definition) is 1. The molecule has 0 fully saturated rings. The summed E-state index contributed by atoms with van der Waals surface area (Å²) in [6.07, 6.45) is -0.168. The molecule has 0 aliphatic carbocycles. The van der Waals surface area contributed by atoms with Crippen molar-refractivity contribution in [1.29, 1.82) is 0 Å². The Labute approximate surface area is 132 Å². The third-order valence-corrected chi connectivity index (χ3v) is 3.66. The van der Waals surface area contributed by atoms with E-state index in [1.165, 1.54) is 13.2 Å². The number of hydrogen-bond acceptors (Lipinski definition) is 5. The lowest BCUT2D eigenvalue weighted by Crippen LogP contribution is -2.38. The quantitative estimate of drug-likeness (QED) is 0.537. The maximum atomic E-state index is 13.3. The van der Waals surface area contributed by atoms with Crippen LogP contribution in [0.15, 0.2) is 38.6 Å². The van der Waals surface area contributed by atoms with Crippen molar-refractivity contribution in [2.75, 3.05) is 7.11 Å². The summed E-state index contributed by atoms with van der Waals surface area (Å²) >= 11 is 0. The van der Waals surface area contributed by atoms with Gasteiger partial charge in [0.15, 0.2) is 5.43 Å². The van der Waals surface area contributed by atoms with Crippen molar-refractivity contribution in [3.8, 4) is 0 Å². The van der Waals surface area contributed by atoms with Gasteiger partial charge in [-0.05, 0) is 18.2 Å². The fourth-order valence-corrected chi connectivity index (χ4v) is 2.47. The molecule has 0 saturated heterocycles. The number of pyridine rings is 1. The fraction of sp³-hybridized carbons (Fsp3) is 0.200. The van der Waals surface area contributed by atoms with Crippen molar-refractivity contribution >= 4 is 22.4 Å². The van der Waals surface area contributed by atoms with E-state index in [1.54, 1.807) is 0 Å². The van der Waals surface area contributed by atoms with Gasteiger partial charge in [-0.15, -0.1) is 0 Å². The van der Waals surface area contributed by atoms with Gasteiger partial charge in [0, 0.05) is 12.6 Å². The number of rotatable bonds is 3. The number of H-pyrrole nitrogens is 1. The van der Waals surface area contributed by atoms with Gasteiger partial charge in [-0.2, -0.15) is 0 Å². The van der Waals surface area contributed by atoms with Crippen molar-refractivity contribution in [2.45, 2.75) is 13.0 Å². The van der Waals surface area contributed by atoms with Crippen LogP contribution in [0.3, 0.4) is 0 Å². The Bertz CT molecular complexity index is 1140. The molecule has 124 valence electrons. The van der Waals surface area contributed by atoms with Gasteiger partial charge in [-0.3, -0.25) is 19.0 Å². The summed E-state index contributed by atoms with van der Waals surface area (Å²) < 4.78 is 19.7. The van der Waals surface area contributed by atoms with Gasteiger partial charge in [0.05, 0.1) is 24.4 Å². The molecule has 0 saturated carbocycles. The van der Waals surface area contributed by atoms with Gasteiger partial charge >= 0.3 is 11.7 Å². The highest BCUT2D eigenvalue weighted by molar-refractivity contribution is 5.81. The molecule has 3 aromatic rings. The van der Waals surface area contributed by atoms with Crippen LogP contribution in [0.1, 0.15) is 6.42 Å². The van der Waals surface area contributed by atoms with Crippen LogP contribution in [-0.2, 0) is 16.1 Å². The summed E-state index contributed by atoms with van der Waals surface area (Å²) in [6.45, 7) is -0.188. The van der Waals surface area contributed by atoms with Gasteiger partial charge in [0.2, 0.25) is 0 Å². The molecule has 0 spiro atoms. The largest absolute Gasteiger partial charge is 0.469 e. The minimum Gasteiger partial charge on any atom is -0.469 e. The molecule has 0 atom stereocenters. The number of benzene rings is 1. The Morgan fingerprint density at radius 1 is 1.21 bits per heavy atom. The van der Waals surface area contributed by atoms with Crippen LogP contribution in [0.2, 0.25) is 0 Å². The third kappa shape index (κ3) is 2.49. The highest BCUT2D eigenvalue weighted by Gasteiger charge is 2.13. The summed E-state index contributed by atoms with van der Waals surface area (Å²) in [5, 5.41) is 2.48. The van der Waals surface area contributed by atoms with E-state index in [-0.39, 0.29) is 29.4 Å². The molecule has 0 unspecified atom stereocenters. The first-order valence-electron chi connectivity index (χ1n) is 6.97. The Kier molecular flexibility index (Phi) is 3.76. The summed E-state index contributed by atoms with van der Waals surface area (Å²) in [6, 6.07) is 4.47. The number of methoxy groups -OCH3 is 1. The maximum absolute atomic E-state index is 13.3. The molecule has 1 aromatic carbocycles. The van der Waals surface area contributed by atoms with E-state index in [0.717, 1.165) is 27.3 Å². The van der Waals surface area contributed by atoms with E-state index in [1.807, 2.05) is 0 Å². The van der Waals surface area contributed by atoms with Crippen molar-refractivity contribution in [3.63, 3.8) is 0 Å². The van der Waals surface area contributed by atoms with E-state index in [0.29, 0.717) is 0 Å². The minimum absolute atomic E-state index is 0.0369. The molecule has 1 N–H and O–H groups in total. The van der Waals surface area contributed by atoms with Crippen molar-refractivity contribution < 1.29 is 13.9 Å². The first kappa shape index (κ1) is 15.7. The molecule has 9 heteroatoms. The van der Waals surface area contributed by atoms with Crippen LogP contribution in [0.5, 0.6) is 0 Å². The second-order valence-electron chi connectivity index (χ2n) is 5.09. The number of aromatic nitrogens is 3. The molecule has 0 aliphatic heterocycles. The van der Waals surface area contributed by atoms with Crippen LogP contribution in [-0.4, -0.2) is 27.3 Å². The molecular weight excluding hydrogens is 321 g/mol. The summed E-state index contributed by atoms with van der Waals surface area (Å²) in [4.78, 5) is 47.9. The van der Waals surface area contributed by atoms with Gasteiger partial charge in [-0.1, -0.05) is 0 Å². The molecule has 8 nitrogen and oxygen atoms in total. The van der Waals surface area contributed by atoms with Gasteiger partial charge in [0.25, 0.3) is 5.56 Å². The van der Waals surface area contributed by atoms with Crippen LogP contribution in [0.25, 0.3) is 16.4 Å². The molecular formula is C15H12FN3O5. The Morgan fingerprint density at radius 2 is 1.96 bits per heavy atom. The molecule has 0 aliphatic rings. The zero-order valence-electron chi connectivity index (χ0n) is 12.5. The van der Waals surface area contributed by atoms with E-state index < -0.39 is 28.5 Å². The Balaban J connectivity index is 2.30. The molecule has 3 rings (SSSR count). The normalized spacial score (nSPS) is 11.1. The number of fused-ring (bicyclic) bond motifs is 3. The minimum atomic E-state index is -0.759. The molecule has 2 aromatic heterocycles. The maximum Gasteiger partial charge on any atom is 0.343 e. The Hall–Kier alpha value is -3.23. The predicted octanol–water partition coefficient (Wildman–Crippen LogP) is 0.00490. The molecule has 0 radical (unpaired) electrons. The summed E-state index contributed by atoms with van der Waals surface area (Å²) in [7, 11) is 1.19. The number of nitrogens with one attached hydrogen (secondary N) is 1. The number of carbonyl (C=O) groups excluding carboxylic acids is 1. The Morgan fingerprint density at radius 3 is 2.67 bits per heavy atom. The van der Waals surface area contributed by atoms with Gasteiger partial charge in [-0.25, -0.2) is 18.8 Å². The highest BCUT2D eigenvalue weighted by Crippen LogP contribution is 2.11. The van der Waals surface area contributed by atoms with Crippen molar-refractivity contribution in [3.05, 3.63) is 61.1 Å². The van der Waals surface area contributed by atoms with E-state index in [2.05, 4.69) is 9.84 Å². The van der Waals surface area contributed by atoms with Crippen LogP contribution < -0.4 is 16.7 Å². The number of nitrogens with zero attached hydrogens (tertiary/aromatic N) is 2. The van der Waals surface area contributed by atoms with Gasteiger partial charge in [0.1, 0.15) is 11.3 Å². The van der Waals surface area contributed by atoms with Crippen LogP contribution in [0.4, 0.5) is 4.39 Å². The average molecular weight is 333 g/mol. The first-order valence-corrected chi connectivity index (χ1v) is 6.97. The number of aromatic amines is 1. The summed E-state index contributed by atoms with van der Waals surface area (Å²) in [5.41, 5.74) is -1.92. The average Bonchev–Trinajstić information content (AvgIpc) is 2.56. The molecule has 24 heavy (non-hydrogen) atoms. The standard InChI is InChI=1S/C15H12FN3O5/c1-24-13(21)4-5-18-14(22)11-7-12(20)9-6-8(16)2-3-10(9)19(11)17-15(18)23/h2-3,6-7H,4-5H2,1H3,(H,17,23). The first-order chi connectivity index (χ1) is 11.4. The molecule has 0 bridgehead atoms. The number of ether oxygens (including phenoxy) is 1. The molecule has 0 amide bonds. The highest BCUT2D eigenvalue weighted by atomic mass is 19.1.